The summed E-state index contributed by atoms with van der Waals surface area (Å²) in [7, 11) is 0. The Hall–Kier alpha value is -1.55. The normalized spacial score (nSPS) is 11.3. The molecule has 0 saturated heterocycles. The van der Waals surface area contributed by atoms with E-state index in [9.17, 15) is 9.59 Å². The molecule has 5 heteroatoms. The second-order valence-electron chi connectivity index (χ2n) is 4.86. The number of benzene rings is 1. The van der Waals surface area contributed by atoms with Crippen LogP contribution in [-0.2, 0) is 15.0 Å². The van der Waals surface area contributed by atoms with Gasteiger partial charge in [-0.1, -0.05) is 30.7 Å². The topological polar surface area (TPSA) is 74.6 Å². The Morgan fingerprint density at radius 3 is 1.84 bits per heavy atom. The average Bonchev–Trinajstić information content (AvgIpc) is 2.35. The smallest absolute Gasteiger partial charge is 0.303 e. The molecule has 0 saturated carbocycles. The summed E-state index contributed by atoms with van der Waals surface area (Å²) in [5.74, 6) is -1.76. The van der Waals surface area contributed by atoms with Crippen LogP contribution in [0.4, 0.5) is 0 Å². The fourth-order valence-electron chi connectivity index (χ4n) is 2.03. The molecule has 0 aromatic heterocycles. The predicted molar refractivity (Wildman–Crippen MR) is 72.5 cm³/mol. The van der Waals surface area contributed by atoms with Crippen LogP contribution < -0.4 is 0 Å². The first-order chi connectivity index (χ1) is 8.83. The number of hydrogen-bond acceptors (Lipinski definition) is 2. The number of carbonyl (C=O) groups is 2. The van der Waals surface area contributed by atoms with Gasteiger partial charge in [0, 0.05) is 17.9 Å². The highest BCUT2D eigenvalue weighted by Gasteiger charge is 2.28. The largest absolute Gasteiger partial charge is 0.481 e. The Balaban J connectivity index is 2.92. The molecule has 0 heterocycles. The molecule has 0 aliphatic carbocycles. The van der Waals surface area contributed by atoms with E-state index in [-0.39, 0.29) is 12.8 Å². The highest BCUT2D eigenvalue weighted by Crippen LogP contribution is 2.34. The zero-order chi connectivity index (χ0) is 14.5. The van der Waals surface area contributed by atoms with Gasteiger partial charge in [0.05, 0.1) is 0 Å². The highest BCUT2D eigenvalue weighted by molar-refractivity contribution is 6.30. The van der Waals surface area contributed by atoms with Crippen molar-refractivity contribution in [3.63, 3.8) is 0 Å². The summed E-state index contributed by atoms with van der Waals surface area (Å²) in [6.45, 7) is 1.89. The third-order valence-electron chi connectivity index (χ3n) is 3.32. The molecule has 0 atom stereocenters. The molecule has 0 unspecified atom stereocenters. The van der Waals surface area contributed by atoms with E-state index in [0.29, 0.717) is 17.9 Å². The minimum Gasteiger partial charge on any atom is -0.481 e. The molecule has 1 aromatic carbocycles. The molecule has 1 aromatic rings. The van der Waals surface area contributed by atoms with Crippen molar-refractivity contribution in [1.29, 1.82) is 0 Å². The van der Waals surface area contributed by atoms with Crippen LogP contribution in [0.3, 0.4) is 0 Å². The second-order valence-corrected chi connectivity index (χ2v) is 5.29. The molecule has 0 aliphatic heterocycles. The fourth-order valence-corrected chi connectivity index (χ4v) is 2.16. The molecule has 0 amide bonds. The summed E-state index contributed by atoms with van der Waals surface area (Å²) >= 11 is 5.83. The van der Waals surface area contributed by atoms with Gasteiger partial charge >= 0.3 is 11.9 Å². The molecule has 104 valence electrons. The molecule has 2 N–H and O–H groups in total. The van der Waals surface area contributed by atoms with Crippen LogP contribution in [0.1, 0.15) is 38.2 Å². The maximum atomic E-state index is 10.7. The highest BCUT2D eigenvalue weighted by atomic mass is 35.5. The Bertz CT molecular complexity index is 435. The van der Waals surface area contributed by atoms with Crippen LogP contribution in [0, 0.1) is 0 Å². The molecule has 0 bridgehead atoms. The molecule has 1 rings (SSSR count). The monoisotopic (exact) mass is 284 g/mol. The van der Waals surface area contributed by atoms with Crippen molar-refractivity contribution in [3.8, 4) is 0 Å². The van der Waals surface area contributed by atoms with Crippen molar-refractivity contribution in [2.24, 2.45) is 0 Å². The molecule has 0 fully saturated rings. The number of aliphatic carboxylic acids is 2. The summed E-state index contributed by atoms with van der Waals surface area (Å²) < 4.78 is 0. The first-order valence-electron chi connectivity index (χ1n) is 6.03. The summed E-state index contributed by atoms with van der Waals surface area (Å²) in [4.78, 5) is 21.5. The van der Waals surface area contributed by atoms with E-state index >= 15 is 0 Å². The van der Waals surface area contributed by atoms with Gasteiger partial charge in [-0.15, -0.1) is 0 Å². The Labute approximate surface area is 117 Å². The van der Waals surface area contributed by atoms with E-state index in [1.165, 1.54) is 0 Å². The summed E-state index contributed by atoms with van der Waals surface area (Å²) in [6, 6.07) is 7.12. The number of rotatable bonds is 7. The summed E-state index contributed by atoms with van der Waals surface area (Å²) in [6.07, 6.45) is 0.825. The zero-order valence-corrected chi connectivity index (χ0v) is 11.5. The number of halogens is 1. The van der Waals surface area contributed by atoms with Gasteiger partial charge in [-0.25, -0.2) is 0 Å². The van der Waals surface area contributed by atoms with Gasteiger partial charge in [0.1, 0.15) is 0 Å². The van der Waals surface area contributed by atoms with Crippen LogP contribution in [0.5, 0.6) is 0 Å². The fraction of sp³-hybridized carbons (Fsp3) is 0.429. The number of hydrogen-bond donors (Lipinski definition) is 2. The van der Waals surface area contributed by atoms with Crippen LogP contribution >= 0.6 is 11.6 Å². The average molecular weight is 285 g/mol. The van der Waals surface area contributed by atoms with Crippen LogP contribution in [0.2, 0.25) is 5.02 Å². The van der Waals surface area contributed by atoms with E-state index in [0.717, 1.165) is 5.56 Å². The van der Waals surface area contributed by atoms with E-state index in [4.69, 9.17) is 21.8 Å². The van der Waals surface area contributed by atoms with Crippen molar-refractivity contribution in [2.45, 2.75) is 38.0 Å². The molecular formula is C14H17ClO4. The van der Waals surface area contributed by atoms with Gasteiger partial charge in [-0.05, 0) is 36.0 Å². The lowest BCUT2D eigenvalue weighted by Gasteiger charge is -2.29. The van der Waals surface area contributed by atoms with Crippen molar-refractivity contribution >= 4 is 23.5 Å². The maximum Gasteiger partial charge on any atom is 0.303 e. The molecule has 0 spiro atoms. The standard InChI is InChI=1S/C14H17ClO4/c1-14(8-6-12(16)17,9-7-13(18)19)10-2-4-11(15)5-3-10/h2-5H,6-9H2,1H3,(H,16,17)(H,18,19). The lowest BCUT2D eigenvalue weighted by Crippen LogP contribution is -2.24. The number of carboxylic acid groups (broad SMARTS) is 2. The quantitative estimate of drug-likeness (QED) is 0.805. The van der Waals surface area contributed by atoms with Gasteiger partial charge in [0.25, 0.3) is 0 Å². The van der Waals surface area contributed by atoms with E-state index in [2.05, 4.69) is 0 Å². The Morgan fingerprint density at radius 1 is 1.05 bits per heavy atom. The molecule has 0 aliphatic rings. The van der Waals surface area contributed by atoms with Gasteiger partial charge in [0.15, 0.2) is 0 Å². The third-order valence-corrected chi connectivity index (χ3v) is 3.57. The van der Waals surface area contributed by atoms with Crippen LogP contribution in [0.25, 0.3) is 0 Å². The van der Waals surface area contributed by atoms with Crippen molar-refractivity contribution in [3.05, 3.63) is 34.9 Å². The second kappa shape index (κ2) is 6.57. The summed E-state index contributed by atoms with van der Waals surface area (Å²) in [5, 5.41) is 18.2. The van der Waals surface area contributed by atoms with Gasteiger partial charge in [-0.3, -0.25) is 9.59 Å². The first-order valence-corrected chi connectivity index (χ1v) is 6.41. The number of carboxylic acids is 2. The Kier molecular flexibility index (Phi) is 5.36. The molecule has 4 nitrogen and oxygen atoms in total. The SMILES string of the molecule is CC(CCC(=O)O)(CCC(=O)O)c1ccc(Cl)cc1. The zero-order valence-electron chi connectivity index (χ0n) is 10.7. The first kappa shape index (κ1) is 15.5. The predicted octanol–water partition coefficient (Wildman–Crippen LogP) is 3.33. The van der Waals surface area contributed by atoms with Gasteiger partial charge in [0.2, 0.25) is 0 Å². The maximum absolute atomic E-state index is 10.7. The minimum absolute atomic E-state index is 0.0126. The molecule has 0 radical (unpaired) electrons. The Morgan fingerprint density at radius 2 is 1.47 bits per heavy atom. The molecular weight excluding hydrogens is 268 g/mol. The van der Waals surface area contributed by atoms with Crippen molar-refractivity contribution in [1.82, 2.24) is 0 Å². The van der Waals surface area contributed by atoms with Crippen LogP contribution in [-0.4, -0.2) is 22.2 Å². The van der Waals surface area contributed by atoms with Crippen molar-refractivity contribution in [2.75, 3.05) is 0 Å². The van der Waals surface area contributed by atoms with Gasteiger partial charge in [-0.2, -0.15) is 0 Å². The molecule has 19 heavy (non-hydrogen) atoms. The van der Waals surface area contributed by atoms with Crippen molar-refractivity contribution < 1.29 is 19.8 Å². The minimum atomic E-state index is -0.879. The third kappa shape index (κ3) is 4.91. The van der Waals surface area contributed by atoms with Gasteiger partial charge < -0.3 is 10.2 Å². The van der Waals surface area contributed by atoms with Crippen LogP contribution in [0.15, 0.2) is 24.3 Å². The lowest BCUT2D eigenvalue weighted by molar-refractivity contribution is -0.137. The van der Waals surface area contributed by atoms with E-state index < -0.39 is 17.4 Å². The van der Waals surface area contributed by atoms with E-state index in [1.54, 1.807) is 12.1 Å². The summed E-state index contributed by atoms with van der Waals surface area (Å²) in [5.41, 5.74) is 0.445. The van der Waals surface area contributed by atoms with E-state index in [1.807, 2.05) is 19.1 Å². The lowest BCUT2D eigenvalue weighted by atomic mass is 9.75.